The molecule has 0 radical (unpaired) electrons. The van der Waals surface area contributed by atoms with E-state index in [0.29, 0.717) is 156 Å². The Bertz CT molecular complexity index is 7160. The zero-order chi connectivity index (χ0) is 107. The highest BCUT2D eigenvalue weighted by Crippen LogP contribution is 2.42. The second kappa shape index (κ2) is 51.7. The third-order valence-corrected chi connectivity index (χ3v) is 20.2. The number of anilines is 3. The number of H-pyrrole nitrogens is 1. The summed E-state index contributed by atoms with van der Waals surface area (Å²) in [5.41, 5.74) is 41.2. The largest absolute Gasteiger partial charge is 0.496 e. The highest BCUT2D eigenvalue weighted by atomic mass is 35.5. The number of esters is 1. The molecule has 0 saturated carbocycles. The molecule has 0 aliphatic heterocycles. The number of primary amides is 4. The van der Waals surface area contributed by atoms with Gasteiger partial charge in [0.1, 0.15) is 98.0 Å². The molecule has 5 heterocycles. The molecule has 762 valence electrons. The first-order valence-electron chi connectivity index (χ1n) is 43.0. The van der Waals surface area contributed by atoms with E-state index < -0.39 is 64.7 Å². The number of fused-ring (bicyclic) bond motifs is 4. The molecule has 7 amide bonds. The maximum absolute atomic E-state index is 12.4. The van der Waals surface area contributed by atoms with E-state index in [0.717, 1.165) is 0 Å². The van der Waals surface area contributed by atoms with Crippen molar-refractivity contribution in [1.82, 2.24) is 40.5 Å². The number of hydrogen-bond donors (Lipinski definition) is 11. The van der Waals surface area contributed by atoms with Gasteiger partial charge in [0.2, 0.25) is 11.9 Å². The molecule has 0 spiro atoms. The van der Waals surface area contributed by atoms with Crippen LogP contribution in [-0.2, 0) is 28.5 Å². The minimum Gasteiger partial charge on any atom is -0.496 e. The first-order valence-corrected chi connectivity index (χ1v) is 45.7. The van der Waals surface area contributed by atoms with Crippen molar-refractivity contribution in [3.63, 3.8) is 0 Å². The van der Waals surface area contributed by atoms with Crippen molar-refractivity contribution in [3.8, 4) is 69.0 Å². The number of nitrogens with two attached hydrogens (primary N) is 7. The molecule has 0 fully saturated rings. The Morgan fingerprint density at radius 3 is 1.09 bits per heavy atom. The number of Topliss-reactive ketones (excluding diaryl/α,β-unsaturated/α-hetero) is 1. The highest BCUT2D eigenvalue weighted by Gasteiger charge is 2.26. The minimum absolute atomic E-state index is 0.0985. The molecule has 0 unspecified atom stereocenters. The van der Waals surface area contributed by atoms with Gasteiger partial charge in [-0.1, -0.05) is 46.4 Å². The van der Waals surface area contributed by atoms with E-state index in [1.165, 1.54) is 77.6 Å². The van der Waals surface area contributed by atoms with Crippen LogP contribution in [0, 0.1) is 6.92 Å². The van der Waals surface area contributed by atoms with Gasteiger partial charge in [0.15, 0.2) is 5.96 Å². The number of nitrogens with one attached hydrogen (secondary N) is 4. The number of ketones is 1. The number of aromatic nitrogens is 6. The quantitative estimate of drug-likeness (QED) is 0.00707. The van der Waals surface area contributed by atoms with Crippen LogP contribution in [0.15, 0.2) is 196 Å². The number of nitrogen functional groups attached to an aromatic ring is 1. The fraction of sp³-hybridized carbons (Fsp3) is 0.232. The van der Waals surface area contributed by atoms with Crippen LogP contribution in [-0.4, -0.2) is 159 Å². The maximum atomic E-state index is 12.4. The van der Waals surface area contributed by atoms with Gasteiger partial charge in [0, 0.05) is 107 Å². The number of methoxy groups -OCH3 is 4. The zero-order valence-corrected chi connectivity index (χ0v) is 85.5. The maximum Gasteiger partial charge on any atom is 0.434 e. The summed E-state index contributed by atoms with van der Waals surface area (Å²) in [6, 6.07) is 40.2. The number of nitrogens with zero attached hydrogens (tertiary/aromatic N) is 8. The van der Waals surface area contributed by atoms with Crippen LogP contribution >= 0.6 is 58.2 Å². The van der Waals surface area contributed by atoms with Crippen LogP contribution in [0.2, 0.25) is 20.1 Å². The van der Waals surface area contributed by atoms with Crippen LogP contribution in [0.4, 0.5) is 43.1 Å². The molecule has 0 bridgehead atoms. The summed E-state index contributed by atoms with van der Waals surface area (Å²) in [6.45, 7) is 22.5. The summed E-state index contributed by atoms with van der Waals surface area (Å²) >= 11 is 26.5. The molecule has 46 heteroatoms. The Kier molecular flexibility index (Phi) is 40.6. The standard InChI is InChI=1S/C28H32ClN5O7.C22H18ClN5O4.C18H16ClN5O3.C17H14ClN3O3.C8H15NO2S.C6H10O3/c1-27(2,3)40-25(36)33-24(34-26(37)41-28(4,5)6)32-19-9-8-15(12-18(19)29)39-21-10-11-31-20-14-22(38-7)17(23(30)35)13-16(20)21;1-11-7-20(29)28-22(26-11)27-16-4-3-12(8-15(16)23)32-18-5-6-25-17-10-19(31-2)14(21(24)30)9-13(17)18;1-26-16-8-14-10(7-11(16)17(20)25)15(4-5-23-14)27-9-2-3-13(12(19)6-9)24-18(21)22;1-23-16-8-14-10(7-11(16)17(20)22)15(4-5-21-14)24-9-2-3-13(19)12(18)6-9;1-6(12-5)9-7(10)11-8(2,3)4;1-3-9-6(8)4-5(2)7/h8-14H,1-7H3,(H2,30,35)(H2,32,33,34,36,37);3-10H,1-2H3,(H2,24,30)(H2,26,27,28,29);2-8H,1H3,(H2,20,25)(H4,21,22,24);2-8H,19H2,1H3,(H2,20,22);1-5H3;3-4H2,1-2H3. The van der Waals surface area contributed by atoms with Crippen LogP contribution in [0.5, 0.6) is 69.0 Å². The number of carbonyl (C=O) groups is 9. The molecule has 0 saturated heterocycles. The van der Waals surface area contributed by atoms with Crippen LogP contribution in [0.25, 0.3) is 43.6 Å². The number of hydrogen-bond acceptors (Lipinski definition) is 32. The van der Waals surface area contributed by atoms with Crippen molar-refractivity contribution in [1.29, 1.82) is 0 Å². The number of halogens is 4. The molecule has 0 aliphatic rings. The first-order chi connectivity index (χ1) is 68.3. The molecule has 41 nitrogen and oxygen atoms in total. The summed E-state index contributed by atoms with van der Waals surface area (Å²) in [7, 11) is 5.79. The number of rotatable bonds is 23. The molecule has 0 atom stereocenters. The average Bonchev–Trinajstić information content (AvgIpc) is 0.808. The van der Waals surface area contributed by atoms with Crippen molar-refractivity contribution >= 4 is 201 Å². The summed E-state index contributed by atoms with van der Waals surface area (Å²) in [4.78, 5) is 151. The molecule has 8 aromatic carbocycles. The van der Waals surface area contributed by atoms with Crippen LogP contribution in [0.3, 0.4) is 0 Å². The monoisotopic (exact) mass is 2080 g/mol. The van der Waals surface area contributed by atoms with E-state index in [-0.39, 0.29) is 74.3 Å². The Morgan fingerprint density at radius 1 is 0.441 bits per heavy atom. The Morgan fingerprint density at radius 2 is 0.786 bits per heavy atom. The van der Waals surface area contributed by atoms with Crippen LogP contribution < -0.4 is 99.5 Å². The van der Waals surface area contributed by atoms with Gasteiger partial charge in [0.05, 0.1) is 127 Å². The van der Waals surface area contributed by atoms with Crippen molar-refractivity contribution in [2.45, 2.75) is 113 Å². The summed E-state index contributed by atoms with van der Waals surface area (Å²) in [5.74, 6) is 1.69. The molecule has 145 heavy (non-hydrogen) atoms. The fourth-order valence-electron chi connectivity index (χ4n) is 12.2. The SMILES string of the molecule is CCOC(=O)CC(C)=O.COc1cc2nccc(Oc3ccc(N)c(Cl)c3)c2cc1C(N)=O.COc1cc2nccc(Oc3ccc(N=C(N)N)c(Cl)c3)c2cc1C(N)=O.COc1cc2nccc(Oc3ccc(N=C(NC(=O)OC(C)(C)C)NC(=O)OC(C)(C)C)c(Cl)c3)c2cc1C(N)=O.COc1cc2nccc(Oc3ccc(Nc4nc(C)cc(=O)[nH]4)c(Cl)c3)c2cc1C(N)=O.CSC(C)=NC(=O)OC(C)(C)C. The number of aromatic amines is 1. The number of alkyl carbamates (subject to hydrolysis) is 2. The zero-order valence-electron chi connectivity index (χ0n) is 81.7. The van der Waals surface area contributed by atoms with Gasteiger partial charge in [-0.2, -0.15) is 4.99 Å². The number of thioether (sulfide) groups is 1. The van der Waals surface area contributed by atoms with E-state index in [1.54, 1.807) is 208 Å². The van der Waals surface area contributed by atoms with Gasteiger partial charge in [-0.05, 0) is 193 Å². The number of ether oxygens (including phenoxy) is 12. The number of carbonyl (C=O) groups excluding carboxylic acids is 9. The van der Waals surface area contributed by atoms with Gasteiger partial charge in [-0.15, -0.1) is 11.8 Å². The summed E-state index contributed by atoms with van der Waals surface area (Å²) in [6.07, 6.45) is 5.85. The van der Waals surface area contributed by atoms with Crippen LogP contribution in [0.1, 0.15) is 137 Å². The smallest absolute Gasteiger partial charge is 0.434 e. The van der Waals surface area contributed by atoms with E-state index >= 15 is 0 Å². The van der Waals surface area contributed by atoms with E-state index in [9.17, 15) is 47.9 Å². The van der Waals surface area contributed by atoms with Crippen molar-refractivity contribution in [2.24, 2.45) is 49.4 Å². The molecule has 13 aromatic rings. The van der Waals surface area contributed by atoms with Gasteiger partial charge >= 0.3 is 24.2 Å². The van der Waals surface area contributed by atoms with Crippen molar-refractivity contribution < 1.29 is 100.0 Å². The van der Waals surface area contributed by atoms with Crippen molar-refractivity contribution in [2.75, 3.05) is 52.4 Å². The molecular weight excluding hydrogens is 1980 g/mol. The predicted octanol–water partition coefficient (Wildman–Crippen LogP) is 19.0. The van der Waals surface area contributed by atoms with E-state index in [4.69, 9.17) is 139 Å². The van der Waals surface area contributed by atoms with Gasteiger partial charge in [-0.25, -0.2) is 29.4 Å². The molecule has 18 N–H and O–H groups in total. The Hall–Kier alpha value is -16.6. The molecular formula is C99H105Cl4N19O22S. The lowest BCUT2D eigenvalue weighted by Crippen LogP contribution is -2.47. The van der Waals surface area contributed by atoms with E-state index in [1.807, 2.05) is 27.0 Å². The average molecular weight is 2090 g/mol. The van der Waals surface area contributed by atoms with Gasteiger partial charge in [-0.3, -0.25) is 69.1 Å². The lowest BCUT2D eigenvalue weighted by Gasteiger charge is -2.22. The molecule has 13 rings (SSSR count). The predicted molar refractivity (Wildman–Crippen MR) is 557 cm³/mol. The Labute approximate surface area is 855 Å². The fourth-order valence-corrected chi connectivity index (χ4v) is 13.2. The Balaban J connectivity index is 0.000000224. The van der Waals surface area contributed by atoms with Crippen molar-refractivity contribution in [3.05, 3.63) is 235 Å². The number of aliphatic imine (C=N–C) groups is 3. The third kappa shape index (κ3) is 35.0. The summed E-state index contributed by atoms with van der Waals surface area (Å²) in [5, 5.41) is 12.0. The lowest BCUT2D eigenvalue weighted by molar-refractivity contribution is -0.145. The highest BCUT2D eigenvalue weighted by molar-refractivity contribution is 8.13. The number of pyridine rings is 4. The number of aryl methyl sites for hydroxylation is 1. The lowest BCUT2D eigenvalue weighted by atomic mass is 10.1. The molecule has 0 aliphatic carbocycles. The van der Waals surface area contributed by atoms with Gasteiger partial charge < -0.3 is 102 Å². The number of benzene rings is 8. The topological polar surface area (TPSA) is 617 Å². The minimum atomic E-state index is -0.847. The first kappa shape index (κ1) is 114. The number of guanidine groups is 2. The summed E-state index contributed by atoms with van der Waals surface area (Å²) < 4.78 is 64.7. The second-order valence-electron chi connectivity index (χ2n) is 33.0. The van der Waals surface area contributed by atoms with Gasteiger partial charge in [0.25, 0.3) is 29.2 Å². The molecule has 5 aromatic heterocycles. The number of amides is 7. The van der Waals surface area contributed by atoms with E-state index in [2.05, 4.69) is 65.6 Å². The normalized spacial score (nSPS) is 10.9. The third-order valence-electron chi connectivity index (χ3n) is 18.3. The second-order valence-corrected chi connectivity index (χ2v) is 35.7.